The van der Waals surface area contributed by atoms with E-state index in [-0.39, 0.29) is 17.0 Å². The predicted octanol–water partition coefficient (Wildman–Crippen LogP) is 1.97. The average molecular weight is 360 g/mol. The van der Waals surface area contributed by atoms with E-state index in [1.165, 1.54) is 0 Å². The van der Waals surface area contributed by atoms with Gasteiger partial charge in [0, 0.05) is 23.7 Å². The summed E-state index contributed by atoms with van der Waals surface area (Å²) in [6.07, 6.45) is 0.266. The number of carbonyl (C=O) groups excluding carboxylic acids is 1. The maximum Gasteiger partial charge on any atom is 0.253 e. The van der Waals surface area contributed by atoms with Crippen LogP contribution in [0, 0.1) is 11.6 Å². The Morgan fingerprint density at radius 2 is 2.12 bits per heavy atom. The highest BCUT2D eigenvalue weighted by Crippen LogP contribution is 2.38. The van der Waals surface area contributed by atoms with E-state index < -0.39 is 23.8 Å². The third kappa shape index (κ3) is 3.11. The Labute approximate surface area is 148 Å². The van der Waals surface area contributed by atoms with Crippen molar-refractivity contribution in [1.29, 1.82) is 0 Å². The number of amides is 1. The number of nitrogens with zero attached hydrogens (tertiary/aromatic N) is 1. The summed E-state index contributed by atoms with van der Waals surface area (Å²) in [6, 6.07) is 5.55. The highest BCUT2D eigenvalue weighted by atomic mass is 19.1. The molecule has 0 bridgehead atoms. The van der Waals surface area contributed by atoms with Crippen LogP contribution >= 0.6 is 0 Å². The normalized spacial score (nSPS) is 16.1. The van der Waals surface area contributed by atoms with Crippen molar-refractivity contribution in [3.05, 3.63) is 53.2 Å². The van der Waals surface area contributed by atoms with Crippen LogP contribution in [0.25, 0.3) is 17.0 Å². The molecule has 6 nitrogen and oxygen atoms in total. The highest BCUT2D eigenvalue weighted by molar-refractivity contribution is 6.05. The first-order valence-electron chi connectivity index (χ1n) is 8.11. The second-order valence-corrected chi connectivity index (χ2v) is 5.84. The Balaban J connectivity index is 2.11. The Bertz CT molecular complexity index is 899. The summed E-state index contributed by atoms with van der Waals surface area (Å²) in [5.74, 6) is -2.12. The Kier molecular flexibility index (Phi) is 4.85. The van der Waals surface area contributed by atoms with E-state index >= 15 is 0 Å². The number of fused-ring (bicyclic) bond motifs is 1. The van der Waals surface area contributed by atoms with Crippen LogP contribution in [0.4, 0.5) is 14.5 Å². The molecule has 2 aromatic rings. The van der Waals surface area contributed by atoms with Crippen LogP contribution < -0.4 is 16.4 Å². The van der Waals surface area contributed by atoms with Gasteiger partial charge in [-0.3, -0.25) is 9.78 Å². The Morgan fingerprint density at radius 1 is 1.38 bits per heavy atom. The van der Waals surface area contributed by atoms with Crippen molar-refractivity contribution in [2.45, 2.75) is 19.6 Å². The molecule has 1 aromatic carbocycles. The summed E-state index contributed by atoms with van der Waals surface area (Å²) in [4.78, 5) is 16.1. The number of carbonyl (C=O) groups is 1. The summed E-state index contributed by atoms with van der Waals surface area (Å²) in [5, 5.41) is 15.8. The predicted molar refractivity (Wildman–Crippen MR) is 93.6 cm³/mol. The lowest BCUT2D eigenvalue weighted by atomic mass is 9.94. The summed E-state index contributed by atoms with van der Waals surface area (Å²) in [7, 11) is 0. The molecule has 0 spiro atoms. The number of benzene rings is 1. The molecule has 1 amide bonds. The largest absolute Gasteiger partial charge is 0.398 e. The van der Waals surface area contributed by atoms with Gasteiger partial charge in [-0.15, -0.1) is 0 Å². The van der Waals surface area contributed by atoms with Gasteiger partial charge in [0.15, 0.2) is 12.0 Å². The summed E-state index contributed by atoms with van der Waals surface area (Å²) in [5.41, 5.74) is 7.16. The van der Waals surface area contributed by atoms with Gasteiger partial charge < -0.3 is 21.5 Å². The number of para-hydroxylation sites is 1. The number of aliphatic hydroxyl groups excluding tert-OH is 1. The summed E-state index contributed by atoms with van der Waals surface area (Å²) in [6.45, 7) is 2.35. The number of halogens is 2. The molecule has 2 heterocycles. The average Bonchev–Trinajstić information content (AvgIpc) is 2.60. The molecule has 0 radical (unpaired) electrons. The van der Waals surface area contributed by atoms with E-state index in [2.05, 4.69) is 15.6 Å². The van der Waals surface area contributed by atoms with Gasteiger partial charge in [0.25, 0.3) is 5.91 Å². The molecule has 0 saturated carbocycles. The topological polar surface area (TPSA) is 100 Å². The Hall–Kier alpha value is -3.00. The third-order valence-corrected chi connectivity index (χ3v) is 4.04. The second kappa shape index (κ2) is 7.09. The van der Waals surface area contributed by atoms with Crippen LogP contribution in [0.15, 0.2) is 36.0 Å². The van der Waals surface area contributed by atoms with Crippen LogP contribution in [-0.4, -0.2) is 28.8 Å². The summed E-state index contributed by atoms with van der Waals surface area (Å²) >= 11 is 0. The van der Waals surface area contributed by atoms with Gasteiger partial charge in [-0.05, 0) is 6.42 Å². The van der Waals surface area contributed by atoms with Gasteiger partial charge in [-0.25, -0.2) is 8.78 Å². The SMILES string of the molecule is CCCNC(=O)C1=C(N)c2cccc(-c3ncc(F)cc3F)c2NC1O. The smallest absolute Gasteiger partial charge is 0.253 e. The number of anilines is 1. The maximum atomic E-state index is 14.1. The Morgan fingerprint density at radius 3 is 2.81 bits per heavy atom. The zero-order chi connectivity index (χ0) is 18.8. The molecule has 5 N–H and O–H groups in total. The molecule has 1 atom stereocenters. The first kappa shape index (κ1) is 17.8. The van der Waals surface area contributed by atoms with Gasteiger partial charge >= 0.3 is 0 Å². The molecule has 8 heteroatoms. The third-order valence-electron chi connectivity index (χ3n) is 4.04. The number of nitrogens with one attached hydrogen (secondary N) is 2. The zero-order valence-electron chi connectivity index (χ0n) is 14.0. The molecule has 26 heavy (non-hydrogen) atoms. The first-order chi connectivity index (χ1) is 12.4. The van der Waals surface area contributed by atoms with E-state index in [9.17, 15) is 18.7 Å². The minimum atomic E-state index is -1.37. The lowest BCUT2D eigenvalue weighted by Crippen LogP contribution is -2.38. The quantitative estimate of drug-likeness (QED) is 0.668. The highest BCUT2D eigenvalue weighted by Gasteiger charge is 2.30. The first-order valence-corrected chi connectivity index (χ1v) is 8.11. The van der Waals surface area contributed by atoms with Crippen molar-refractivity contribution in [1.82, 2.24) is 10.3 Å². The number of rotatable bonds is 4. The second-order valence-electron chi connectivity index (χ2n) is 5.84. The van der Waals surface area contributed by atoms with E-state index in [1.807, 2.05) is 6.92 Å². The number of aliphatic hydroxyl groups is 1. The van der Waals surface area contributed by atoms with Crippen LogP contribution in [0.1, 0.15) is 18.9 Å². The number of aromatic nitrogens is 1. The molecule has 0 aliphatic carbocycles. The van der Waals surface area contributed by atoms with Gasteiger partial charge in [-0.2, -0.15) is 0 Å². The molecule has 0 fully saturated rings. The number of hydrogen-bond acceptors (Lipinski definition) is 5. The van der Waals surface area contributed by atoms with Gasteiger partial charge in [0.1, 0.15) is 11.5 Å². The molecule has 1 aliphatic rings. The monoisotopic (exact) mass is 360 g/mol. The molecule has 0 saturated heterocycles. The van der Waals surface area contributed by atoms with Gasteiger partial charge in [-0.1, -0.05) is 25.1 Å². The molecule has 1 aromatic heterocycles. The van der Waals surface area contributed by atoms with E-state index in [4.69, 9.17) is 5.73 Å². The van der Waals surface area contributed by atoms with E-state index in [0.717, 1.165) is 18.7 Å². The molecule has 136 valence electrons. The fourth-order valence-corrected chi connectivity index (χ4v) is 2.82. The van der Waals surface area contributed by atoms with Crippen molar-refractivity contribution in [2.24, 2.45) is 5.73 Å². The minimum Gasteiger partial charge on any atom is -0.398 e. The van der Waals surface area contributed by atoms with Crippen LogP contribution in [0.2, 0.25) is 0 Å². The molecule has 1 aliphatic heterocycles. The van der Waals surface area contributed by atoms with Crippen molar-refractivity contribution in [2.75, 3.05) is 11.9 Å². The number of hydrogen-bond donors (Lipinski definition) is 4. The maximum absolute atomic E-state index is 14.1. The van der Waals surface area contributed by atoms with Crippen LogP contribution in [-0.2, 0) is 4.79 Å². The standard InChI is InChI=1S/C18H18F2N4O2/c1-2-6-22-17(25)13-14(21)10-4-3-5-11(15(10)24-18(13)26)16-12(20)7-9(19)8-23-16/h3-5,7-8,18,24,26H,2,6,21H2,1H3,(H,22,25). The van der Waals surface area contributed by atoms with Crippen molar-refractivity contribution >= 4 is 17.3 Å². The van der Waals surface area contributed by atoms with Crippen molar-refractivity contribution in [3.63, 3.8) is 0 Å². The van der Waals surface area contributed by atoms with Gasteiger partial charge in [0.2, 0.25) is 0 Å². The van der Waals surface area contributed by atoms with E-state index in [1.54, 1.807) is 18.2 Å². The molecular weight excluding hydrogens is 342 g/mol. The van der Waals surface area contributed by atoms with Crippen molar-refractivity contribution < 1.29 is 18.7 Å². The fourth-order valence-electron chi connectivity index (χ4n) is 2.82. The lowest BCUT2D eigenvalue weighted by molar-refractivity contribution is -0.118. The lowest BCUT2D eigenvalue weighted by Gasteiger charge is -2.28. The molecule has 1 unspecified atom stereocenters. The molecular formula is C18H18F2N4O2. The van der Waals surface area contributed by atoms with Crippen LogP contribution in [0.3, 0.4) is 0 Å². The summed E-state index contributed by atoms with van der Waals surface area (Å²) < 4.78 is 27.3. The number of nitrogens with two attached hydrogens (primary N) is 1. The fraction of sp³-hybridized carbons (Fsp3) is 0.222. The van der Waals surface area contributed by atoms with E-state index in [0.29, 0.717) is 23.4 Å². The van der Waals surface area contributed by atoms with Crippen molar-refractivity contribution in [3.8, 4) is 11.3 Å². The molecule has 3 rings (SSSR count). The van der Waals surface area contributed by atoms with Gasteiger partial charge in [0.05, 0.1) is 23.2 Å². The van der Waals surface area contributed by atoms with Crippen LogP contribution in [0.5, 0.6) is 0 Å². The number of pyridine rings is 1. The zero-order valence-corrected chi connectivity index (χ0v) is 14.0. The minimum absolute atomic E-state index is 0.00404.